The molecule has 2 rings (SSSR count). The van der Waals surface area contributed by atoms with Gasteiger partial charge in [0.25, 0.3) is 0 Å². The molecule has 3 nitrogen and oxygen atoms in total. The van der Waals surface area contributed by atoms with Gasteiger partial charge >= 0.3 is 0 Å². The van der Waals surface area contributed by atoms with Crippen molar-refractivity contribution in [1.29, 1.82) is 0 Å². The van der Waals surface area contributed by atoms with Crippen LogP contribution in [-0.4, -0.2) is 29.1 Å². The van der Waals surface area contributed by atoms with Crippen molar-refractivity contribution >= 4 is 11.8 Å². The maximum atomic E-state index is 5.05. The number of ether oxygens (including phenoxy) is 1. The molecule has 1 N–H and O–H groups in total. The fraction of sp³-hybridized carbons (Fsp3) is 0.615. The first kappa shape index (κ1) is 12.7. The van der Waals surface area contributed by atoms with Gasteiger partial charge in [-0.05, 0) is 24.2 Å². The monoisotopic (exact) mass is 252 g/mol. The molecule has 1 saturated heterocycles. The van der Waals surface area contributed by atoms with Gasteiger partial charge in [0, 0.05) is 30.1 Å². The van der Waals surface area contributed by atoms with Gasteiger partial charge in [-0.3, -0.25) is 0 Å². The molecule has 1 aliphatic rings. The first-order chi connectivity index (χ1) is 8.29. The van der Waals surface area contributed by atoms with E-state index in [9.17, 15) is 0 Å². The molecule has 94 valence electrons. The third-order valence-electron chi connectivity index (χ3n) is 3.18. The van der Waals surface area contributed by atoms with Crippen LogP contribution in [0.3, 0.4) is 0 Å². The number of thioether (sulfide) groups is 1. The Kier molecular flexibility index (Phi) is 4.68. The lowest BCUT2D eigenvalue weighted by atomic mass is 10.1. The Morgan fingerprint density at radius 2 is 2.41 bits per heavy atom. The Labute approximate surface area is 107 Å². The van der Waals surface area contributed by atoms with Crippen LogP contribution in [0.15, 0.2) is 18.3 Å². The van der Waals surface area contributed by atoms with Crippen molar-refractivity contribution in [2.45, 2.75) is 37.6 Å². The maximum absolute atomic E-state index is 5.05. The Morgan fingerprint density at radius 3 is 3.06 bits per heavy atom. The summed E-state index contributed by atoms with van der Waals surface area (Å²) in [5.41, 5.74) is 1.22. The number of nitrogens with zero attached hydrogens (tertiary/aromatic N) is 1. The van der Waals surface area contributed by atoms with E-state index < -0.39 is 0 Å². The summed E-state index contributed by atoms with van der Waals surface area (Å²) in [6.07, 6.45) is 4.50. The molecule has 1 aromatic heterocycles. The van der Waals surface area contributed by atoms with Gasteiger partial charge in [0.15, 0.2) is 0 Å². The van der Waals surface area contributed by atoms with Crippen molar-refractivity contribution in [2.24, 2.45) is 0 Å². The van der Waals surface area contributed by atoms with E-state index in [4.69, 9.17) is 4.74 Å². The lowest BCUT2D eigenvalue weighted by molar-refractivity contribution is 0.397. The second kappa shape index (κ2) is 6.26. The van der Waals surface area contributed by atoms with Gasteiger partial charge < -0.3 is 10.1 Å². The summed E-state index contributed by atoms with van der Waals surface area (Å²) in [6, 6.07) is 4.62. The number of hydrogen-bond donors (Lipinski definition) is 1. The highest BCUT2D eigenvalue weighted by molar-refractivity contribution is 7.99. The molecule has 0 amide bonds. The van der Waals surface area contributed by atoms with Crippen molar-refractivity contribution in [2.75, 3.05) is 12.9 Å². The SMILES string of the molecule is COc1ccc(CNC2CCCSC2C)cn1. The van der Waals surface area contributed by atoms with E-state index in [0.29, 0.717) is 11.9 Å². The van der Waals surface area contributed by atoms with Crippen LogP contribution < -0.4 is 10.1 Å². The van der Waals surface area contributed by atoms with E-state index in [1.807, 2.05) is 12.3 Å². The van der Waals surface area contributed by atoms with Gasteiger partial charge in [0.2, 0.25) is 5.88 Å². The number of aromatic nitrogens is 1. The molecule has 0 saturated carbocycles. The summed E-state index contributed by atoms with van der Waals surface area (Å²) in [5, 5.41) is 4.34. The highest BCUT2D eigenvalue weighted by Gasteiger charge is 2.20. The van der Waals surface area contributed by atoms with Gasteiger partial charge in [-0.15, -0.1) is 0 Å². The maximum Gasteiger partial charge on any atom is 0.212 e. The lowest BCUT2D eigenvalue weighted by Gasteiger charge is -2.29. The van der Waals surface area contributed by atoms with Gasteiger partial charge in [-0.25, -0.2) is 4.98 Å². The van der Waals surface area contributed by atoms with Crippen LogP contribution >= 0.6 is 11.8 Å². The summed E-state index contributed by atoms with van der Waals surface area (Å²) in [7, 11) is 1.64. The van der Waals surface area contributed by atoms with Gasteiger partial charge in [-0.1, -0.05) is 13.0 Å². The highest BCUT2D eigenvalue weighted by atomic mass is 32.2. The molecule has 0 bridgehead atoms. The smallest absolute Gasteiger partial charge is 0.212 e. The molecule has 17 heavy (non-hydrogen) atoms. The van der Waals surface area contributed by atoms with Gasteiger partial charge in [0.05, 0.1) is 7.11 Å². The Bertz CT molecular complexity index is 342. The lowest BCUT2D eigenvalue weighted by Crippen LogP contribution is -2.38. The fourth-order valence-electron chi connectivity index (χ4n) is 2.08. The topological polar surface area (TPSA) is 34.1 Å². The predicted molar refractivity (Wildman–Crippen MR) is 72.6 cm³/mol. The van der Waals surface area contributed by atoms with Crippen molar-refractivity contribution in [3.8, 4) is 5.88 Å². The standard InChI is InChI=1S/C13H20N2OS/c1-10-12(4-3-7-17-10)14-8-11-5-6-13(16-2)15-9-11/h5-6,9-10,12,14H,3-4,7-8H2,1-2H3. The zero-order valence-electron chi connectivity index (χ0n) is 10.5. The molecule has 1 aliphatic heterocycles. The number of pyridine rings is 1. The first-order valence-corrected chi connectivity index (χ1v) is 7.18. The zero-order valence-corrected chi connectivity index (χ0v) is 11.3. The molecular formula is C13H20N2OS. The van der Waals surface area contributed by atoms with E-state index in [-0.39, 0.29) is 0 Å². The molecule has 2 unspecified atom stereocenters. The summed E-state index contributed by atoms with van der Waals surface area (Å²) >= 11 is 2.07. The van der Waals surface area contributed by atoms with Crippen LogP contribution in [0.4, 0.5) is 0 Å². The Hall–Kier alpha value is -0.740. The minimum atomic E-state index is 0.635. The first-order valence-electron chi connectivity index (χ1n) is 6.13. The quantitative estimate of drug-likeness (QED) is 0.892. The molecule has 1 fully saturated rings. The molecule has 2 heterocycles. The summed E-state index contributed by atoms with van der Waals surface area (Å²) < 4.78 is 5.05. The second-order valence-electron chi connectivity index (χ2n) is 4.41. The average Bonchev–Trinajstić information content (AvgIpc) is 2.38. The van der Waals surface area contributed by atoms with Crippen molar-refractivity contribution in [3.05, 3.63) is 23.9 Å². The highest BCUT2D eigenvalue weighted by Crippen LogP contribution is 2.25. The van der Waals surface area contributed by atoms with Crippen molar-refractivity contribution < 1.29 is 4.74 Å². The molecule has 0 aliphatic carbocycles. The molecule has 1 aromatic rings. The van der Waals surface area contributed by atoms with Crippen LogP contribution in [0.5, 0.6) is 5.88 Å². The molecule has 0 aromatic carbocycles. The Balaban J connectivity index is 1.84. The number of rotatable bonds is 4. The molecule has 0 spiro atoms. The van der Waals surface area contributed by atoms with Crippen molar-refractivity contribution in [3.63, 3.8) is 0 Å². The minimum Gasteiger partial charge on any atom is -0.481 e. The van der Waals surface area contributed by atoms with Crippen LogP contribution in [0.2, 0.25) is 0 Å². The van der Waals surface area contributed by atoms with E-state index in [1.54, 1.807) is 7.11 Å². The number of hydrogen-bond acceptors (Lipinski definition) is 4. The minimum absolute atomic E-state index is 0.635. The third-order valence-corrected chi connectivity index (χ3v) is 4.56. The van der Waals surface area contributed by atoms with E-state index in [0.717, 1.165) is 11.8 Å². The molecule has 4 heteroatoms. The van der Waals surface area contributed by atoms with Crippen LogP contribution in [-0.2, 0) is 6.54 Å². The Morgan fingerprint density at radius 1 is 1.53 bits per heavy atom. The largest absolute Gasteiger partial charge is 0.481 e. The van der Waals surface area contributed by atoms with Crippen LogP contribution in [0.25, 0.3) is 0 Å². The second-order valence-corrected chi connectivity index (χ2v) is 5.90. The number of methoxy groups -OCH3 is 1. The normalized spacial score (nSPS) is 24.6. The molecule has 0 radical (unpaired) electrons. The summed E-state index contributed by atoms with van der Waals surface area (Å²) in [5.74, 6) is 1.99. The van der Waals surface area contributed by atoms with Crippen LogP contribution in [0, 0.1) is 0 Å². The molecular weight excluding hydrogens is 232 g/mol. The van der Waals surface area contributed by atoms with Crippen molar-refractivity contribution in [1.82, 2.24) is 10.3 Å². The van der Waals surface area contributed by atoms with E-state index in [2.05, 4.69) is 35.1 Å². The summed E-state index contributed by atoms with van der Waals surface area (Å²) in [4.78, 5) is 4.21. The zero-order chi connectivity index (χ0) is 12.1. The average molecular weight is 252 g/mol. The predicted octanol–water partition coefficient (Wildman–Crippen LogP) is 2.46. The number of nitrogens with one attached hydrogen (secondary N) is 1. The van der Waals surface area contributed by atoms with E-state index in [1.165, 1.54) is 24.2 Å². The van der Waals surface area contributed by atoms with Gasteiger partial charge in [0.1, 0.15) is 0 Å². The fourth-order valence-corrected chi connectivity index (χ4v) is 3.25. The van der Waals surface area contributed by atoms with Gasteiger partial charge in [-0.2, -0.15) is 11.8 Å². The summed E-state index contributed by atoms with van der Waals surface area (Å²) in [6.45, 7) is 3.21. The molecule has 2 atom stereocenters. The third kappa shape index (κ3) is 3.61. The van der Waals surface area contributed by atoms with E-state index >= 15 is 0 Å². The van der Waals surface area contributed by atoms with Crippen LogP contribution in [0.1, 0.15) is 25.3 Å².